The number of likely N-dealkylation sites (tertiary alicyclic amines) is 1. The quantitative estimate of drug-likeness (QED) is 0.797. The topological polar surface area (TPSA) is 69.6 Å². The Kier molecular flexibility index (Phi) is 6.42. The van der Waals surface area contributed by atoms with E-state index in [2.05, 4.69) is 48.1 Å². The van der Waals surface area contributed by atoms with Crippen LogP contribution in [0, 0.1) is 0 Å². The Morgan fingerprint density at radius 1 is 1.25 bits per heavy atom. The standard InChI is InChI=1S/C22H30N4O2/c1-17(2)19-7-5-18(6-8-19)14-26-12-4-9-22(28,21(26)27)16-25(3)15-20-13-23-10-11-24-20/h5-8,10-11,13,17,28H,4,9,12,14-16H2,1-3H3/t22-/m0/s1. The van der Waals surface area contributed by atoms with Crippen LogP contribution in [0.1, 0.15) is 49.4 Å². The highest BCUT2D eigenvalue weighted by Gasteiger charge is 2.42. The van der Waals surface area contributed by atoms with Crippen molar-refractivity contribution in [2.24, 2.45) is 0 Å². The van der Waals surface area contributed by atoms with Crippen LogP contribution in [-0.4, -0.2) is 56.5 Å². The smallest absolute Gasteiger partial charge is 0.256 e. The van der Waals surface area contributed by atoms with Gasteiger partial charge in [-0.3, -0.25) is 19.7 Å². The van der Waals surface area contributed by atoms with Gasteiger partial charge in [-0.2, -0.15) is 0 Å². The Morgan fingerprint density at radius 3 is 2.64 bits per heavy atom. The van der Waals surface area contributed by atoms with E-state index in [0.29, 0.717) is 32.0 Å². The van der Waals surface area contributed by atoms with Crippen LogP contribution in [0.15, 0.2) is 42.9 Å². The van der Waals surface area contributed by atoms with Crippen LogP contribution >= 0.6 is 0 Å². The molecule has 0 aliphatic carbocycles. The first-order valence-corrected chi connectivity index (χ1v) is 9.91. The van der Waals surface area contributed by atoms with Gasteiger partial charge in [0.25, 0.3) is 5.91 Å². The Balaban J connectivity index is 1.63. The predicted molar refractivity (Wildman–Crippen MR) is 108 cm³/mol. The summed E-state index contributed by atoms with van der Waals surface area (Å²) in [6, 6.07) is 8.40. The molecule has 0 bridgehead atoms. The normalized spacial score (nSPS) is 20.2. The highest BCUT2D eigenvalue weighted by atomic mass is 16.3. The molecule has 0 saturated carbocycles. The van der Waals surface area contributed by atoms with E-state index in [0.717, 1.165) is 17.7 Å². The monoisotopic (exact) mass is 382 g/mol. The van der Waals surface area contributed by atoms with E-state index in [1.165, 1.54) is 5.56 Å². The number of amides is 1. The molecular formula is C22H30N4O2. The van der Waals surface area contributed by atoms with Crippen LogP contribution in [0.25, 0.3) is 0 Å². The number of hydrogen-bond acceptors (Lipinski definition) is 5. The van der Waals surface area contributed by atoms with Gasteiger partial charge in [0.15, 0.2) is 5.60 Å². The maximum atomic E-state index is 13.0. The molecule has 1 aliphatic rings. The Hall–Kier alpha value is -2.31. The number of likely N-dealkylation sites (N-methyl/N-ethyl adjacent to an activating group) is 1. The van der Waals surface area contributed by atoms with E-state index < -0.39 is 5.60 Å². The van der Waals surface area contributed by atoms with Crippen molar-refractivity contribution in [2.75, 3.05) is 20.1 Å². The SMILES string of the molecule is CC(C)c1ccc(CN2CCC[C@](O)(CN(C)Cc3cnccn3)C2=O)cc1. The van der Waals surface area contributed by atoms with Crippen LogP contribution in [0.5, 0.6) is 0 Å². The van der Waals surface area contributed by atoms with Gasteiger partial charge in [-0.15, -0.1) is 0 Å². The van der Waals surface area contributed by atoms with Crippen molar-refractivity contribution in [1.82, 2.24) is 19.8 Å². The summed E-state index contributed by atoms with van der Waals surface area (Å²) >= 11 is 0. The van der Waals surface area contributed by atoms with Crippen molar-refractivity contribution >= 4 is 5.91 Å². The first-order valence-electron chi connectivity index (χ1n) is 9.91. The number of piperidine rings is 1. The summed E-state index contributed by atoms with van der Waals surface area (Å²) in [7, 11) is 1.89. The molecule has 150 valence electrons. The van der Waals surface area contributed by atoms with Crippen molar-refractivity contribution in [3.63, 3.8) is 0 Å². The zero-order valence-corrected chi connectivity index (χ0v) is 17.0. The maximum Gasteiger partial charge on any atom is 0.256 e. The second-order valence-corrected chi connectivity index (χ2v) is 8.13. The average molecular weight is 383 g/mol. The van der Waals surface area contributed by atoms with Crippen LogP contribution < -0.4 is 0 Å². The second-order valence-electron chi connectivity index (χ2n) is 8.13. The van der Waals surface area contributed by atoms with Gasteiger partial charge in [-0.1, -0.05) is 38.1 Å². The lowest BCUT2D eigenvalue weighted by atomic mass is 9.90. The molecule has 28 heavy (non-hydrogen) atoms. The van der Waals surface area contributed by atoms with Gasteiger partial charge in [0, 0.05) is 44.8 Å². The fourth-order valence-electron chi connectivity index (χ4n) is 3.78. The van der Waals surface area contributed by atoms with Gasteiger partial charge in [0.05, 0.1) is 5.69 Å². The number of hydrogen-bond donors (Lipinski definition) is 1. The van der Waals surface area contributed by atoms with Gasteiger partial charge in [-0.05, 0) is 36.9 Å². The van der Waals surface area contributed by atoms with E-state index in [9.17, 15) is 9.90 Å². The number of benzene rings is 1. The molecule has 0 unspecified atom stereocenters. The first-order chi connectivity index (χ1) is 13.4. The number of nitrogens with zero attached hydrogens (tertiary/aromatic N) is 4. The third-order valence-corrected chi connectivity index (χ3v) is 5.30. The van der Waals surface area contributed by atoms with Crippen molar-refractivity contribution in [1.29, 1.82) is 0 Å². The van der Waals surface area contributed by atoms with E-state index in [-0.39, 0.29) is 12.5 Å². The third-order valence-electron chi connectivity index (χ3n) is 5.30. The molecule has 1 atom stereocenters. The van der Waals surface area contributed by atoms with Crippen LogP contribution in [0.2, 0.25) is 0 Å². The number of carbonyl (C=O) groups excluding carboxylic acids is 1. The van der Waals surface area contributed by atoms with Gasteiger partial charge < -0.3 is 10.0 Å². The summed E-state index contributed by atoms with van der Waals surface area (Å²) < 4.78 is 0. The Labute approximate surface area is 167 Å². The molecule has 1 aromatic carbocycles. The molecule has 6 nitrogen and oxygen atoms in total. The molecule has 0 spiro atoms. The van der Waals surface area contributed by atoms with Gasteiger partial charge in [0.2, 0.25) is 0 Å². The van der Waals surface area contributed by atoms with Gasteiger partial charge >= 0.3 is 0 Å². The van der Waals surface area contributed by atoms with Crippen LogP contribution in [0.3, 0.4) is 0 Å². The van der Waals surface area contributed by atoms with E-state index >= 15 is 0 Å². The fraction of sp³-hybridized carbons (Fsp3) is 0.500. The minimum absolute atomic E-state index is 0.183. The first kappa shape index (κ1) is 20.4. The van der Waals surface area contributed by atoms with Crippen molar-refractivity contribution in [3.05, 3.63) is 59.7 Å². The number of aromatic nitrogens is 2. The molecule has 3 rings (SSSR count). The highest BCUT2D eigenvalue weighted by molar-refractivity contribution is 5.86. The van der Waals surface area contributed by atoms with Crippen molar-refractivity contribution in [2.45, 2.75) is 51.3 Å². The third kappa shape index (κ3) is 4.94. The lowest BCUT2D eigenvalue weighted by Crippen LogP contribution is -2.57. The Morgan fingerprint density at radius 2 is 2.00 bits per heavy atom. The highest BCUT2D eigenvalue weighted by Crippen LogP contribution is 2.26. The second kappa shape index (κ2) is 8.80. The molecule has 1 saturated heterocycles. The summed E-state index contributed by atoms with van der Waals surface area (Å²) in [4.78, 5) is 25.1. The summed E-state index contributed by atoms with van der Waals surface area (Å²) in [5, 5.41) is 11.1. The van der Waals surface area contributed by atoms with Crippen molar-refractivity contribution in [3.8, 4) is 0 Å². The number of rotatable bonds is 7. The lowest BCUT2D eigenvalue weighted by Gasteiger charge is -2.40. The molecule has 1 amide bonds. The molecule has 0 radical (unpaired) electrons. The van der Waals surface area contributed by atoms with Crippen LogP contribution in [0.4, 0.5) is 0 Å². The van der Waals surface area contributed by atoms with Crippen LogP contribution in [-0.2, 0) is 17.9 Å². The maximum absolute atomic E-state index is 13.0. The summed E-state index contributed by atoms with van der Waals surface area (Å²) in [6.45, 7) is 6.38. The minimum Gasteiger partial charge on any atom is -0.379 e. The minimum atomic E-state index is -1.35. The number of carbonyl (C=O) groups is 1. The largest absolute Gasteiger partial charge is 0.379 e. The zero-order chi connectivity index (χ0) is 20.1. The summed E-state index contributed by atoms with van der Waals surface area (Å²) in [6.07, 6.45) is 6.27. The van der Waals surface area contributed by atoms with E-state index in [1.807, 2.05) is 11.9 Å². The van der Waals surface area contributed by atoms with E-state index in [4.69, 9.17) is 0 Å². The molecule has 1 aliphatic heterocycles. The molecule has 2 heterocycles. The van der Waals surface area contributed by atoms with E-state index in [1.54, 1.807) is 23.5 Å². The molecule has 1 aromatic heterocycles. The lowest BCUT2D eigenvalue weighted by molar-refractivity contribution is -0.160. The van der Waals surface area contributed by atoms with Crippen molar-refractivity contribution < 1.29 is 9.90 Å². The zero-order valence-electron chi connectivity index (χ0n) is 17.0. The molecule has 6 heteroatoms. The summed E-state index contributed by atoms with van der Waals surface area (Å²) in [5.41, 5.74) is 1.84. The molecule has 1 N–H and O–H groups in total. The van der Waals surface area contributed by atoms with Gasteiger partial charge in [-0.25, -0.2) is 0 Å². The summed E-state index contributed by atoms with van der Waals surface area (Å²) in [5.74, 6) is 0.304. The molecule has 1 fully saturated rings. The fourth-order valence-corrected chi connectivity index (χ4v) is 3.78. The average Bonchev–Trinajstić information content (AvgIpc) is 2.66. The molecular weight excluding hydrogens is 352 g/mol. The van der Waals surface area contributed by atoms with Gasteiger partial charge in [0.1, 0.15) is 0 Å². The Bertz CT molecular complexity index is 779. The predicted octanol–water partition coefficient (Wildman–Crippen LogP) is 2.59. The molecule has 2 aromatic rings. The number of aliphatic hydroxyl groups is 1.